The first-order chi connectivity index (χ1) is 9.74. The van der Waals surface area contributed by atoms with E-state index in [9.17, 15) is 9.50 Å². The van der Waals surface area contributed by atoms with E-state index in [1.165, 1.54) is 6.07 Å². The Kier molecular flexibility index (Phi) is 3.56. The van der Waals surface area contributed by atoms with Crippen LogP contribution in [0.1, 0.15) is 5.56 Å². The van der Waals surface area contributed by atoms with Crippen LogP contribution in [0.15, 0.2) is 48.5 Å². The van der Waals surface area contributed by atoms with E-state index < -0.39 is 12.2 Å². The van der Waals surface area contributed by atoms with Gasteiger partial charge in [0, 0.05) is 6.42 Å². The molecular formula is C16H15FO3. The van der Waals surface area contributed by atoms with Crippen molar-refractivity contribution in [3.05, 3.63) is 59.9 Å². The van der Waals surface area contributed by atoms with Crippen molar-refractivity contribution in [1.29, 1.82) is 0 Å². The minimum absolute atomic E-state index is 0.197. The minimum Gasteiger partial charge on any atom is -0.486 e. The molecular weight excluding hydrogens is 259 g/mol. The third-order valence-electron chi connectivity index (χ3n) is 3.35. The minimum atomic E-state index is -0.819. The summed E-state index contributed by atoms with van der Waals surface area (Å²) in [5, 5.41) is 10.2. The van der Waals surface area contributed by atoms with Crippen molar-refractivity contribution in [2.24, 2.45) is 0 Å². The second kappa shape index (κ2) is 5.51. The zero-order chi connectivity index (χ0) is 13.9. The van der Waals surface area contributed by atoms with Crippen LogP contribution in [0.4, 0.5) is 4.39 Å². The Labute approximate surface area is 116 Å². The molecule has 0 radical (unpaired) electrons. The lowest BCUT2D eigenvalue weighted by Crippen LogP contribution is -2.40. The summed E-state index contributed by atoms with van der Waals surface area (Å²) in [6, 6.07) is 13.7. The number of para-hydroxylation sites is 2. The largest absolute Gasteiger partial charge is 0.486 e. The Balaban J connectivity index is 1.70. The molecule has 3 rings (SSSR count). The number of aliphatic hydroxyl groups is 1. The highest BCUT2D eigenvalue weighted by Gasteiger charge is 2.28. The van der Waals surface area contributed by atoms with Gasteiger partial charge >= 0.3 is 0 Å². The maximum absolute atomic E-state index is 13.6. The Morgan fingerprint density at radius 3 is 2.60 bits per heavy atom. The Morgan fingerprint density at radius 2 is 1.80 bits per heavy atom. The molecule has 0 bridgehead atoms. The Hall–Kier alpha value is -2.07. The number of hydrogen-bond donors (Lipinski definition) is 1. The maximum atomic E-state index is 13.6. The quantitative estimate of drug-likeness (QED) is 0.935. The summed E-state index contributed by atoms with van der Waals surface area (Å²) < 4.78 is 24.8. The fraction of sp³-hybridized carbons (Fsp3) is 0.250. The molecule has 0 fully saturated rings. The fourth-order valence-corrected chi connectivity index (χ4v) is 2.25. The molecule has 4 heteroatoms. The number of ether oxygens (including phenoxy) is 2. The first-order valence-corrected chi connectivity index (χ1v) is 6.54. The predicted molar refractivity (Wildman–Crippen MR) is 72.5 cm³/mol. The lowest BCUT2D eigenvalue weighted by molar-refractivity contribution is -0.00973. The molecule has 0 saturated heterocycles. The van der Waals surface area contributed by atoms with Gasteiger partial charge in [-0.05, 0) is 23.8 Å². The van der Waals surface area contributed by atoms with Gasteiger partial charge in [0.25, 0.3) is 0 Å². The normalized spacial score (nSPS) is 18.6. The highest BCUT2D eigenvalue weighted by Crippen LogP contribution is 2.32. The SMILES string of the molecule is OC(Cc1ccccc1F)C1COc2ccccc2O1. The van der Waals surface area contributed by atoms with E-state index in [1.54, 1.807) is 24.3 Å². The van der Waals surface area contributed by atoms with Crippen molar-refractivity contribution in [3.63, 3.8) is 0 Å². The van der Waals surface area contributed by atoms with E-state index in [4.69, 9.17) is 9.47 Å². The van der Waals surface area contributed by atoms with Gasteiger partial charge in [0.15, 0.2) is 17.6 Å². The van der Waals surface area contributed by atoms with Gasteiger partial charge < -0.3 is 14.6 Å². The molecule has 0 amide bonds. The second-order valence-corrected chi connectivity index (χ2v) is 4.78. The van der Waals surface area contributed by atoms with E-state index in [1.807, 2.05) is 18.2 Å². The number of rotatable bonds is 3. The van der Waals surface area contributed by atoms with Crippen LogP contribution in [0.25, 0.3) is 0 Å². The number of benzene rings is 2. The summed E-state index contributed by atoms with van der Waals surface area (Å²) in [4.78, 5) is 0. The molecule has 3 nitrogen and oxygen atoms in total. The van der Waals surface area contributed by atoms with Crippen molar-refractivity contribution in [1.82, 2.24) is 0 Å². The first kappa shape index (κ1) is 12.9. The molecule has 0 saturated carbocycles. The van der Waals surface area contributed by atoms with Gasteiger partial charge in [0.2, 0.25) is 0 Å². The predicted octanol–water partition coefficient (Wildman–Crippen LogP) is 2.57. The molecule has 104 valence electrons. The number of aliphatic hydroxyl groups excluding tert-OH is 1. The molecule has 1 aliphatic rings. The second-order valence-electron chi connectivity index (χ2n) is 4.78. The monoisotopic (exact) mass is 274 g/mol. The van der Waals surface area contributed by atoms with Crippen molar-refractivity contribution < 1.29 is 19.0 Å². The van der Waals surface area contributed by atoms with Crippen LogP contribution in [0.2, 0.25) is 0 Å². The van der Waals surface area contributed by atoms with Gasteiger partial charge in [-0.25, -0.2) is 4.39 Å². The molecule has 2 atom stereocenters. The molecule has 1 N–H and O–H groups in total. The maximum Gasteiger partial charge on any atom is 0.161 e. The van der Waals surface area contributed by atoms with Crippen molar-refractivity contribution in [2.45, 2.75) is 18.6 Å². The van der Waals surface area contributed by atoms with Crippen LogP contribution in [0, 0.1) is 5.82 Å². The zero-order valence-electron chi connectivity index (χ0n) is 10.8. The lowest BCUT2D eigenvalue weighted by Gasteiger charge is -2.29. The highest BCUT2D eigenvalue weighted by atomic mass is 19.1. The van der Waals surface area contributed by atoms with Gasteiger partial charge in [-0.1, -0.05) is 30.3 Å². The summed E-state index contributed by atoms with van der Waals surface area (Å²) >= 11 is 0. The van der Waals surface area contributed by atoms with Crippen LogP contribution in [-0.4, -0.2) is 23.9 Å². The van der Waals surface area contributed by atoms with Crippen LogP contribution in [0.3, 0.4) is 0 Å². The van der Waals surface area contributed by atoms with Crippen LogP contribution in [-0.2, 0) is 6.42 Å². The van der Waals surface area contributed by atoms with Crippen LogP contribution < -0.4 is 9.47 Å². The van der Waals surface area contributed by atoms with Gasteiger partial charge in [-0.2, -0.15) is 0 Å². The number of hydrogen-bond acceptors (Lipinski definition) is 3. The summed E-state index contributed by atoms with van der Waals surface area (Å²) in [5.41, 5.74) is 0.474. The molecule has 1 heterocycles. The fourth-order valence-electron chi connectivity index (χ4n) is 2.25. The van der Waals surface area contributed by atoms with E-state index >= 15 is 0 Å². The molecule has 2 aromatic rings. The Morgan fingerprint density at radius 1 is 1.10 bits per heavy atom. The van der Waals surface area contributed by atoms with Gasteiger partial charge in [-0.3, -0.25) is 0 Å². The van der Waals surface area contributed by atoms with E-state index in [0.29, 0.717) is 17.1 Å². The average molecular weight is 274 g/mol. The molecule has 0 spiro atoms. The van der Waals surface area contributed by atoms with Crippen LogP contribution in [0.5, 0.6) is 11.5 Å². The highest BCUT2D eigenvalue weighted by molar-refractivity contribution is 5.40. The first-order valence-electron chi connectivity index (χ1n) is 6.54. The van der Waals surface area contributed by atoms with Gasteiger partial charge in [0.05, 0.1) is 6.10 Å². The molecule has 0 aliphatic carbocycles. The number of halogens is 1. The molecule has 2 unspecified atom stereocenters. The molecule has 1 aliphatic heterocycles. The van der Waals surface area contributed by atoms with Gasteiger partial charge in [-0.15, -0.1) is 0 Å². The summed E-state index contributed by atoms with van der Waals surface area (Å²) in [7, 11) is 0. The van der Waals surface area contributed by atoms with E-state index in [0.717, 1.165) is 0 Å². The van der Waals surface area contributed by atoms with Crippen molar-refractivity contribution in [2.75, 3.05) is 6.61 Å². The summed E-state index contributed by atoms with van der Waals surface area (Å²) in [6.45, 7) is 0.257. The van der Waals surface area contributed by atoms with Crippen LogP contribution >= 0.6 is 0 Å². The summed E-state index contributed by atoms with van der Waals surface area (Å²) in [6.07, 6.45) is -1.12. The lowest BCUT2D eigenvalue weighted by atomic mass is 10.0. The topological polar surface area (TPSA) is 38.7 Å². The third-order valence-corrected chi connectivity index (χ3v) is 3.35. The zero-order valence-corrected chi connectivity index (χ0v) is 10.8. The molecule has 2 aromatic carbocycles. The third kappa shape index (κ3) is 2.60. The number of fused-ring (bicyclic) bond motifs is 1. The van der Waals surface area contributed by atoms with E-state index in [-0.39, 0.29) is 18.8 Å². The Bertz CT molecular complexity index is 600. The summed E-state index contributed by atoms with van der Waals surface area (Å²) in [5.74, 6) is 0.960. The van der Waals surface area contributed by atoms with E-state index in [2.05, 4.69) is 0 Å². The standard InChI is InChI=1S/C16H15FO3/c17-12-6-2-1-5-11(12)9-13(18)16-10-19-14-7-3-4-8-15(14)20-16/h1-8,13,16,18H,9-10H2. The molecule has 0 aromatic heterocycles. The molecule has 20 heavy (non-hydrogen) atoms. The van der Waals surface area contributed by atoms with Crippen molar-refractivity contribution >= 4 is 0 Å². The smallest absolute Gasteiger partial charge is 0.161 e. The average Bonchev–Trinajstić information content (AvgIpc) is 2.49. The van der Waals surface area contributed by atoms with Crippen molar-refractivity contribution in [3.8, 4) is 11.5 Å². The van der Waals surface area contributed by atoms with Gasteiger partial charge in [0.1, 0.15) is 12.4 Å².